The summed E-state index contributed by atoms with van der Waals surface area (Å²) >= 11 is 0. The lowest BCUT2D eigenvalue weighted by Gasteiger charge is -2.32. The Hall–Kier alpha value is -0.460. The molecule has 0 aromatic carbocycles. The number of hydrogen-bond donors (Lipinski definition) is 5. The molecule has 70 valence electrons. The molecule has 5 nitrogen and oxygen atoms in total. The molecule has 0 fully saturated rings. The first-order valence-corrected chi connectivity index (χ1v) is 3.69. The Balaban J connectivity index is 2.84. The van der Waals surface area contributed by atoms with Crippen LogP contribution in [0.5, 0.6) is 0 Å². The molecule has 0 heterocycles. The second-order valence-electron chi connectivity index (χ2n) is 2.90. The van der Waals surface area contributed by atoms with Crippen molar-refractivity contribution in [3.63, 3.8) is 0 Å². The van der Waals surface area contributed by atoms with E-state index in [1.165, 1.54) is 6.08 Å². The third kappa shape index (κ3) is 1.50. The fraction of sp³-hybridized carbons (Fsp3) is 0.714. The molecule has 0 saturated heterocycles. The summed E-state index contributed by atoms with van der Waals surface area (Å²) < 4.78 is 0. The Labute approximate surface area is 69.8 Å². The van der Waals surface area contributed by atoms with Gasteiger partial charge in [-0.2, -0.15) is 0 Å². The van der Waals surface area contributed by atoms with Gasteiger partial charge in [-0.05, 0) is 5.57 Å². The summed E-state index contributed by atoms with van der Waals surface area (Å²) in [6, 6.07) is -0.731. The fourth-order valence-corrected chi connectivity index (χ4v) is 1.22. The zero-order chi connectivity index (χ0) is 9.30. The van der Waals surface area contributed by atoms with Gasteiger partial charge >= 0.3 is 0 Å². The van der Waals surface area contributed by atoms with Gasteiger partial charge in [-0.25, -0.2) is 0 Å². The Kier molecular flexibility index (Phi) is 2.81. The standard InChI is InChI=1S/C7H13NO4/c8-4-1-3(2-9)5(10)7(12)6(4)11/h1,4-7,9-12H,2,8H2/t4-,5+,6+,7-/m1/s1. The van der Waals surface area contributed by atoms with Crippen molar-refractivity contribution < 1.29 is 20.4 Å². The third-order valence-corrected chi connectivity index (χ3v) is 2.04. The van der Waals surface area contributed by atoms with Gasteiger partial charge in [0.1, 0.15) is 18.3 Å². The van der Waals surface area contributed by atoms with Crippen LogP contribution in [0.4, 0.5) is 0 Å². The molecule has 0 aromatic heterocycles. The van der Waals surface area contributed by atoms with E-state index in [1.54, 1.807) is 0 Å². The molecule has 1 rings (SSSR count). The van der Waals surface area contributed by atoms with Crippen LogP contribution in [-0.2, 0) is 0 Å². The summed E-state index contributed by atoms with van der Waals surface area (Å²) in [6.07, 6.45) is -2.34. The van der Waals surface area contributed by atoms with Gasteiger partial charge in [-0.1, -0.05) is 6.08 Å². The van der Waals surface area contributed by atoms with Crippen LogP contribution >= 0.6 is 0 Å². The lowest BCUT2D eigenvalue weighted by molar-refractivity contribution is -0.0596. The Morgan fingerprint density at radius 3 is 2.33 bits per heavy atom. The molecule has 1 aliphatic rings. The van der Waals surface area contributed by atoms with Crippen molar-refractivity contribution in [2.24, 2.45) is 5.73 Å². The molecule has 0 amide bonds. The highest BCUT2D eigenvalue weighted by atomic mass is 16.4. The smallest absolute Gasteiger partial charge is 0.111 e. The van der Waals surface area contributed by atoms with Crippen LogP contribution in [0.3, 0.4) is 0 Å². The molecule has 0 spiro atoms. The van der Waals surface area contributed by atoms with Crippen LogP contribution in [0.15, 0.2) is 11.6 Å². The molecule has 0 aliphatic heterocycles. The molecule has 6 N–H and O–H groups in total. The predicted molar refractivity (Wildman–Crippen MR) is 41.2 cm³/mol. The van der Waals surface area contributed by atoms with Crippen molar-refractivity contribution in [3.05, 3.63) is 11.6 Å². The zero-order valence-corrected chi connectivity index (χ0v) is 6.46. The van der Waals surface area contributed by atoms with E-state index >= 15 is 0 Å². The van der Waals surface area contributed by atoms with E-state index in [0.29, 0.717) is 0 Å². The Morgan fingerprint density at radius 1 is 1.25 bits per heavy atom. The average Bonchev–Trinajstić information content (AvgIpc) is 2.08. The van der Waals surface area contributed by atoms with E-state index in [-0.39, 0.29) is 12.2 Å². The van der Waals surface area contributed by atoms with Gasteiger partial charge in [0.2, 0.25) is 0 Å². The van der Waals surface area contributed by atoms with Gasteiger partial charge in [0.15, 0.2) is 0 Å². The van der Waals surface area contributed by atoms with Gasteiger partial charge in [0.25, 0.3) is 0 Å². The molecule has 0 radical (unpaired) electrons. The van der Waals surface area contributed by atoms with Crippen LogP contribution in [-0.4, -0.2) is 51.4 Å². The van der Waals surface area contributed by atoms with Crippen molar-refractivity contribution in [2.45, 2.75) is 24.4 Å². The SMILES string of the molecule is N[C@@H]1C=C(CO)[C@H](O)[C@@H](O)[C@H]1O. The highest BCUT2D eigenvalue weighted by molar-refractivity contribution is 5.20. The number of rotatable bonds is 1. The van der Waals surface area contributed by atoms with Crippen molar-refractivity contribution in [2.75, 3.05) is 6.61 Å². The first kappa shape index (κ1) is 9.63. The highest BCUT2D eigenvalue weighted by Crippen LogP contribution is 2.18. The number of aliphatic hydroxyl groups excluding tert-OH is 4. The summed E-state index contributed by atoms with van der Waals surface area (Å²) in [7, 11) is 0. The fourth-order valence-electron chi connectivity index (χ4n) is 1.22. The molecule has 1 aliphatic carbocycles. The molecule has 0 bridgehead atoms. The second kappa shape index (κ2) is 3.51. The van der Waals surface area contributed by atoms with E-state index in [2.05, 4.69) is 0 Å². The Morgan fingerprint density at radius 2 is 1.83 bits per heavy atom. The van der Waals surface area contributed by atoms with E-state index in [9.17, 15) is 10.2 Å². The van der Waals surface area contributed by atoms with E-state index in [1.807, 2.05) is 0 Å². The Bertz CT molecular complexity index is 194. The van der Waals surface area contributed by atoms with Crippen LogP contribution in [0, 0.1) is 0 Å². The monoisotopic (exact) mass is 175 g/mol. The summed E-state index contributed by atoms with van der Waals surface area (Å²) in [5.41, 5.74) is 5.64. The summed E-state index contributed by atoms with van der Waals surface area (Å²) in [4.78, 5) is 0. The lowest BCUT2D eigenvalue weighted by atomic mass is 9.89. The van der Waals surface area contributed by atoms with Gasteiger partial charge in [0.05, 0.1) is 12.6 Å². The third-order valence-electron chi connectivity index (χ3n) is 2.04. The van der Waals surface area contributed by atoms with Crippen LogP contribution < -0.4 is 5.73 Å². The van der Waals surface area contributed by atoms with Gasteiger partial charge in [-0.15, -0.1) is 0 Å². The molecule has 5 heteroatoms. The summed E-state index contributed by atoms with van der Waals surface area (Å²) in [6.45, 7) is -0.362. The summed E-state index contributed by atoms with van der Waals surface area (Å²) in [5.74, 6) is 0. The molecular weight excluding hydrogens is 162 g/mol. The molecule has 4 atom stereocenters. The highest BCUT2D eigenvalue weighted by Gasteiger charge is 2.34. The average molecular weight is 175 g/mol. The minimum atomic E-state index is -1.31. The van der Waals surface area contributed by atoms with Crippen LogP contribution in [0.2, 0.25) is 0 Å². The van der Waals surface area contributed by atoms with E-state index in [0.717, 1.165) is 0 Å². The first-order valence-electron chi connectivity index (χ1n) is 3.69. The zero-order valence-electron chi connectivity index (χ0n) is 6.46. The maximum absolute atomic E-state index is 9.23. The minimum Gasteiger partial charge on any atom is -0.392 e. The minimum absolute atomic E-state index is 0.250. The molecule has 0 saturated carbocycles. The van der Waals surface area contributed by atoms with Gasteiger partial charge < -0.3 is 26.2 Å². The molecule has 0 aromatic rings. The quantitative estimate of drug-likeness (QED) is 0.279. The molecular formula is C7H13NO4. The topological polar surface area (TPSA) is 107 Å². The number of nitrogens with two attached hydrogens (primary N) is 1. The first-order chi connectivity index (χ1) is 5.57. The lowest BCUT2D eigenvalue weighted by Crippen LogP contribution is -2.52. The largest absolute Gasteiger partial charge is 0.392 e. The van der Waals surface area contributed by atoms with Crippen molar-refractivity contribution in [1.82, 2.24) is 0 Å². The summed E-state index contributed by atoms with van der Waals surface area (Å²) in [5, 5.41) is 36.3. The van der Waals surface area contributed by atoms with Crippen LogP contribution in [0.1, 0.15) is 0 Å². The van der Waals surface area contributed by atoms with Gasteiger partial charge in [0, 0.05) is 0 Å². The maximum atomic E-state index is 9.23. The number of hydrogen-bond acceptors (Lipinski definition) is 5. The second-order valence-corrected chi connectivity index (χ2v) is 2.90. The van der Waals surface area contributed by atoms with Crippen LogP contribution in [0.25, 0.3) is 0 Å². The van der Waals surface area contributed by atoms with E-state index in [4.69, 9.17) is 15.9 Å². The van der Waals surface area contributed by atoms with Crippen molar-refractivity contribution >= 4 is 0 Å². The van der Waals surface area contributed by atoms with Crippen molar-refractivity contribution in [3.8, 4) is 0 Å². The number of aliphatic hydroxyl groups is 4. The van der Waals surface area contributed by atoms with Crippen molar-refractivity contribution in [1.29, 1.82) is 0 Å². The van der Waals surface area contributed by atoms with E-state index < -0.39 is 24.4 Å². The maximum Gasteiger partial charge on any atom is 0.111 e. The molecule has 12 heavy (non-hydrogen) atoms. The predicted octanol–water partition coefficient (Wildman–Crippen LogP) is -2.67. The van der Waals surface area contributed by atoms with Gasteiger partial charge in [-0.3, -0.25) is 0 Å². The molecule has 0 unspecified atom stereocenters. The normalized spacial score (nSPS) is 42.6.